The molecule has 0 atom stereocenters. The van der Waals surface area contributed by atoms with Crippen LogP contribution >= 0.6 is 0 Å². The first-order valence-electron chi connectivity index (χ1n) is 6.29. The summed E-state index contributed by atoms with van der Waals surface area (Å²) in [5.41, 5.74) is 9.60. The van der Waals surface area contributed by atoms with Crippen molar-refractivity contribution in [3.8, 4) is 30.5 Å². The van der Waals surface area contributed by atoms with Crippen molar-refractivity contribution >= 4 is 11.9 Å². The fraction of sp³-hybridized carbons (Fsp3) is 0.357. The SMILES string of the molecule is C=CC#N.N#CCC(N)=O.N#CCC[N+](C#N)(CCC#N)C(N)=O. The zero-order chi connectivity index (χ0) is 19.4. The molecular formula is C14H17N8O2+. The van der Waals surface area contributed by atoms with Gasteiger partial charge in [-0.2, -0.15) is 21.0 Å². The van der Waals surface area contributed by atoms with E-state index in [-0.39, 0.29) is 32.4 Å². The van der Waals surface area contributed by atoms with Crippen molar-refractivity contribution in [1.29, 1.82) is 26.3 Å². The third-order valence-electron chi connectivity index (χ3n) is 2.17. The van der Waals surface area contributed by atoms with Crippen molar-refractivity contribution in [3.05, 3.63) is 12.7 Å². The van der Waals surface area contributed by atoms with Gasteiger partial charge in [-0.3, -0.25) is 4.79 Å². The van der Waals surface area contributed by atoms with Crippen molar-refractivity contribution < 1.29 is 14.1 Å². The monoisotopic (exact) mass is 329 g/mol. The molecule has 0 unspecified atom stereocenters. The average molecular weight is 329 g/mol. The number of primary amides is 2. The van der Waals surface area contributed by atoms with E-state index in [4.69, 9.17) is 32.0 Å². The summed E-state index contributed by atoms with van der Waals surface area (Å²) in [5.74, 6) is -0.572. The maximum atomic E-state index is 11.0. The minimum atomic E-state index is -0.821. The second-order valence-electron chi connectivity index (χ2n) is 3.80. The van der Waals surface area contributed by atoms with Crippen molar-refractivity contribution in [2.75, 3.05) is 13.1 Å². The zero-order valence-corrected chi connectivity index (χ0v) is 13.0. The van der Waals surface area contributed by atoms with Crippen LogP contribution in [0, 0.1) is 56.8 Å². The molecular weight excluding hydrogens is 312 g/mol. The third-order valence-corrected chi connectivity index (χ3v) is 2.17. The number of amides is 3. The first kappa shape index (κ1) is 25.1. The molecule has 0 radical (unpaired) electrons. The molecule has 3 amide bonds. The van der Waals surface area contributed by atoms with E-state index in [0.717, 1.165) is 0 Å². The number of carbonyl (C=O) groups is 2. The van der Waals surface area contributed by atoms with Crippen LogP contribution in [0.5, 0.6) is 0 Å². The van der Waals surface area contributed by atoms with Gasteiger partial charge in [0, 0.05) is 6.08 Å². The Labute approximate surface area is 140 Å². The molecule has 10 nitrogen and oxygen atoms in total. The molecule has 24 heavy (non-hydrogen) atoms. The van der Waals surface area contributed by atoms with E-state index in [1.54, 1.807) is 18.3 Å². The number of hydrogen-bond donors (Lipinski definition) is 2. The van der Waals surface area contributed by atoms with Gasteiger partial charge in [0.05, 0.1) is 37.1 Å². The number of carbonyl (C=O) groups excluding carboxylic acids is 2. The normalized spacial score (nSPS) is 7.79. The summed E-state index contributed by atoms with van der Waals surface area (Å²) in [5, 5.41) is 40.7. The number of allylic oxidation sites excluding steroid dienone is 1. The van der Waals surface area contributed by atoms with Gasteiger partial charge in [0.15, 0.2) is 0 Å². The number of quaternary nitrogens is 1. The van der Waals surface area contributed by atoms with Gasteiger partial charge in [-0.1, -0.05) is 6.58 Å². The van der Waals surface area contributed by atoms with Gasteiger partial charge >= 0.3 is 12.2 Å². The Morgan fingerprint density at radius 2 is 1.38 bits per heavy atom. The van der Waals surface area contributed by atoms with Crippen LogP contribution in [0.4, 0.5) is 4.79 Å². The second kappa shape index (κ2) is 17.1. The summed E-state index contributed by atoms with van der Waals surface area (Å²) in [7, 11) is 0. The smallest absolute Gasteiger partial charge is 0.369 e. The molecule has 0 bridgehead atoms. The van der Waals surface area contributed by atoms with Gasteiger partial charge in [-0.05, 0) is 0 Å². The summed E-state index contributed by atoms with van der Waals surface area (Å²) >= 11 is 0. The predicted molar refractivity (Wildman–Crippen MR) is 80.9 cm³/mol. The Morgan fingerprint density at radius 3 is 1.50 bits per heavy atom. The molecule has 124 valence electrons. The van der Waals surface area contributed by atoms with Gasteiger partial charge < -0.3 is 11.5 Å². The molecule has 0 aliphatic carbocycles. The Morgan fingerprint density at radius 1 is 0.958 bits per heavy atom. The Balaban J connectivity index is -0.000000363. The summed E-state index contributed by atoms with van der Waals surface area (Å²) in [6.07, 6.45) is 2.86. The predicted octanol–water partition coefficient (Wildman–Crippen LogP) is 0.272. The van der Waals surface area contributed by atoms with Gasteiger partial charge in [0.1, 0.15) is 19.5 Å². The number of nitriles is 5. The lowest BCUT2D eigenvalue weighted by Crippen LogP contribution is -2.52. The molecule has 0 aromatic carbocycles. The van der Waals surface area contributed by atoms with E-state index in [1.165, 1.54) is 6.08 Å². The number of nitrogens with zero attached hydrogens (tertiary/aromatic N) is 6. The summed E-state index contributed by atoms with van der Waals surface area (Å²) in [6.45, 7) is 3.18. The van der Waals surface area contributed by atoms with E-state index in [2.05, 4.69) is 12.3 Å². The highest BCUT2D eigenvalue weighted by Crippen LogP contribution is 2.07. The van der Waals surface area contributed by atoms with E-state index < -0.39 is 16.4 Å². The third kappa shape index (κ3) is 14.5. The maximum Gasteiger partial charge on any atom is 0.428 e. The van der Waals surface area contributed by atoms with E-state index >= 15 is 0 Å². The number of rotatable bonds is 5. The highest BCUT2D eigenvalue weighted by Gasteiger charge is 2.34. The fourth-order valence-corrected chi connectivity index (χ4v) is 1.04. The van der Waals surface area contributed by atoms with Crippen LogP contribution in [0.25, 0.3) is 0 Å². The van der Waals surface area contributed by atoms with Crippen LogP contribution in [0.3, 0.4) is 0 Å². The highest BCUT2D eigenvalue weighted by molar-refractivity contribution is 5.75. The molecule has 4 N–H and O–H groups in total. The molecule has 0 aliphatic rings. The lowest BCUT2D eigenvalue weighted by atomic mass is 10.3. The number of nitrogens with two attached hydrogens (primary N) is 2. The van der Waals surface area contributed by atoms with E-state index in [9.17, 15) is 9.59 Å². The zero-order valence-electron chi connectivity index (χ0n) is 13.0. The largest absolute Gasteiger partial charge is 0.428 e. The summed E-state index contributed by atoms with van der Waals surface area (Å²) < 4.78 is -0.666. The maximum absolute atomic E-state index is 11.0. The summed E-state index contributed by atoms with van der Waals surface area (Å²) in [4.78, 5) is 20.6. The quantitative estimate of drug-likeness (QED) is 0.408. The molecule has 0 spiro atoms. The molecule has 0 heterocycles. The molecule has 0 rings (SSSR count). The Kier molecular flexibility index (Phi) is 17.9. The van der Waals surface area contributed by atoms with Crippen molar-refractivity contribution in [1.82, 2.24) is 0 Å². The Hall–Kier alpha value is -3.91. The molecule has 0 fully saturated rings. The topological polar surface area (TPSA) is 205 Å². The molecule has 0 saturated carbocycles. The average Bonchev–Trinajstić information content (AvgIpc) is 2.56. The molecule has 0 aromatic rings. The lowest BCUT2D eigenvalue weighted by Gasteiger charge is -2.22. The van der Waals surface area contributed by atoms with Crippen LogP contribution in [-0.2, 0) is 4.79 Å². The fourth-order valence-electron chi connectivity index (χ4n) is 1.04. The van der Waals surface area contributed by atoms with Gasteiger partial charge in [-0.25, -0.2) is 4.79 Å². The van der Waals surface area contributed by atoms with Crippen LogP contribution in [0.1, 0.15) is 19.3 Å². The second-order valence-corrected chi connectivity index (χ2v) is 3.80. The van der Waals surface area contributed by atoms with Crippen LogP contribution in [0.15, 0.2) is 12.7 Å². The molecule has 0 aromatic heterocycles. The first-order chi connectivity index (χ1) is 11.3. The molecule has 0 aliphatic heterocycles. The highest BCUT2D eigenvalue weighted by atomic mass is 16.2. The van der Waals surface area contributed by atoms with Crippen LogP contribution in [-0.4, -0.2) is 29.5 Å². The van der Waals surface area contributed by atoms with Crippen LogP contribution < -0.4 is 11.5 Å². The van der Waals surface area contributed by atoms with Crippen molar-refractivity contribution in [2.45, 2.75) is 19.3 Å². The molecule has 10 heteroatoms. The number of hydrogen-bond acceptors (Lipinski definition) is 7. The van der Waals surface area contributed by atoms with Crippen molar-refractivity contribution in [2.24, 2.45) is 11.5 Å². The van der Waals surface area contributed by atoms with Crippen LogP contribution in [0.2, 0.25) is 0 Å². The summed E-state index contributed by atoms with van der Waals surface area (Å²) in [6, 6.07) is 6.13. The van der Waals surface area contributed by atoms with E-state index in [1.807, 2.05) is 12.1 Å². The first-order valence-corrected chi connectivity index (χ1v) is 6.29. The van der Waals surface area contributed by atoms with Gasteiger partial charge in [0.25, 0.3) is 0 Å². The van der Waals surface area contributed by atoms with Crippen molar-refractivity contribution in [3.63, 3.8) is 0 Å². The molecule has 0 saturated heterocycles. The minimum absolute atomic E-state index is 0.0318. The number of urea groups is 1. The minimum Gasteiger partial charge on any atom is -0.369 e. The Bertz CT molecular complexity index is 604. The van der Waals surface area contributed by atoms with Gasteiger partial charge in [-0.15, -0.1) is 9.74 Å². The standard InChI is InChI=1S/C8H9N5O.C3H4N2O.C3H3N/c9-3-1-5-13(7-11,8(12)14)6-2-4-10;4-2-1-3(5)6;1-2-3-4/h1-2,5-6H2,(H-,12,14);1H2,(H2,5,6);2H,1H2/p+1. The van der Waals surface area contributed by atoms with Gasteiger partial charge in [0.2, 0.25) is 5.91 Å². The lowest BCUT2D eigenvalue weighted by molar-refractivity contribution is -0.781. The van der Waals surface area contributed by atoms with E-state index in [0.29, 0.717) is 0 Å².